The summed E-state index contributed by atoms with van der Waals surface area (Å²) in [6.45, 7) is 0.0277. The van der Waals surface area contributed by atoms with Crippen molar-refractivity contribution in [3.63, 3.8) is 0 Å². The molecule has 4 nitrogen and oxygen atoms in total. The van der Waals surface area contributed by atoms with Crippen molar-refractivity contribution in [3.8, 4) is 0 Å². The second-order valence-corrected chi connectivity index (χ2v) is 3.49. The summed E-state index contributed by atoms with van der Waals surface area (Å²) in [4.78, 5) is 4.04. The van der Waals surface area contributed by atoms with Crippen LogP contribution in [0.5, 0.6) is 0 Å². The van der Waals surface area contributed by atoms with Crippen LogP contribution in [0.15, 0.2) is 34.2 Å². The minimum absolute atomic E-state index is 0.0277. The molecule has 0 spiro atoms. The highest BCUT2D eigenvalue weighted by molar-refractivity contribution is 7.94. The molecule has 0 bridgehead atoms. The van der Waals surface area contributed by atoms with Crippen LogP contribution in [-0.2, 0) is 0 Å². The fourth-order valence-electron chi connectivity index (χ4n) is 1.12. The lowest BCUT2D eigenvalue weighted by Gasteiger charge is -2.10. The molecule has 0 amide bonds. The van der Waals surface area contributed by atoms with Crippen molar-refractivity contribution in [2.24, 2.45) is 16.5 Å². The standard InChI is InChI=1S/C9H12FN3OS/c10-15-8-4-2-1-3-6(8)7(14)5-13-9(11)12/h1-4,7,14H,5H2,(H4,11,12,13)/t7-/m0/s1. The molecule has 5 N–H and O–H groups in total. The fourth-order valence-corrected chi connectivity index (χ4v) is 1.54. The van der Waals surface area contributed by atoms with E-state index < -0.39 is 6.10 Å². The zero-order valence-electron chi connectivity index (χ0n) is 7.93. The molecule has 1 aromatic rings. The van der Waals surface area contributed by atoms with Crippen LogP contribution >= 0.6 is 12.1 Å². The highest BCUT2D eigenvalue weighted by Gasteiger charge is 2.11. The van der Waals surface area contributed by atoms with Crippen molar-refractivity contribution >= 4 is 18.1 Å². The Morgan fingerprint density at radius 3 is 2.73 bits per heavy atom. The maximum absolute atomic E-state index is 12.5. The Hall–Kier alpha value is -1.27. The Morgan fingerprint density at radius 1 is 1.47 bits per heavy atom. The fraction of sp³-hybridized carbons (Fsp3) is 0.222. The number of nitrogens with two attached hydrogens (primary N) is 2. The molecule has 82 valence electrons. The van der Waals surface area contributed by atoms with E-state index in [0.29, 0.717) is 10.5 Å². The summed E-state index contributed by atoms with van der Waals surface area (Å²) in [6, 6.07) is 6.63. The minimum atomic E-state index is -0.897. The zero-order chi connectivity index (χ0) is 11.3. The average molecular weight is 229 g/mol. The van der Waals surface area contributed by atoms with Gasteiger partial charge < -0.3 is 16.6 Å². The Morgan fingerprint density at radius 2 is 2.13 bits per heavy atom. The third-order valence-electron chi connectivity index (χ3n) is 1.81. The average Bonchev–Trinajstić information content (AvgIpc) is 2.25. The van der Waals surface area contributed by atoms with Crippen LogP contribution < -0.4 is 11.5 Å². The highest BCUT2D eigenvalue weighted by Crippen LogP contribution is 2.28. The normalized spacial score (nSPS) is 12.1. The number of aliphatic hydroxyl groups excluding tert-OH is 1. The van der Waals surface area contributed by atoms with Crippen LogP contribution in [0.4, 0.5) is 3.89 Å². The first-order valence-electron chi connectivity index (χ1n) is 4.26. The highest BCUT2D eigenvalue weighted by atomic mass is 32.2. The van der Waals surface area contributed by atoms with Crippen molar-refractivity contribution in [1.82, 2.24) is 0 Å². The van der Waals surface area contributed by atoms with E-state index in [1.54, 1.807) is 24.3 Å². The molecule has 0 saturated heterocycles. The number of hydrogen-bond donors (Lipinski definition) is 3. The van der Waals surface area contributed by atoms with Crippen molar-refractivity contribution < 1.29 is 8.99 Å². The van der Waals surface area contributed by atoms with Crippen LogP contribution in [0.25, 0.3) is 0 Å². The number of hydrogen-bond acceptors (Lipinski definition) is 3. The Bertz CT molecular complexity index is 355. The maximum atomic E-state index is 12.5. The number of benzene rings is 1. The third-order valence-corrected chi connectivity index (χ3v) is 2.35. The molecular formula is C9H12FN3OS. The largest absolute Gasteiger partial charge is 0.386 e. The Kier molecular flexibility index (Phi) is 4.38. The molecule has 0 radical (unpaired) electrons. The molecule has 0 aliphatic carbocycles. The smallest absolute Gasteiger partial charge is 0.186 e. The van der Waals surface area contributed by atoms with E-state index in [-0.39, 0.29) is 24.7 Å². The van der Waals surface area contributed by atoms with Gasteiger partial charge in [-0.2, -0.15) is 3.89 Å². The first-order valence-corrected chi connectivity index (χ1v) is 4.97. The van der Waals surface area contributed by atoms with Gasteiger partial charge in [0, 0.05) is 4.90 Å². The first-order chi connectivity index (χ1) is 7.15. The van der Waals surface area contributed by atoms with Crippen molar-refractivity contribution in [3.05, 3.63) is 29.8 Å². The molecule has 1 rings (SSSR count). The zero-order valence-corrected chi connectivity index (χ0v) is 8.75. The van der Waals surface area contributed by atoms with Gasteiger partial charge in [-0.1, -0.05) is 18.2 Å². The number of aliphatic hydroxyl groups is 1. The van der Waals surface area contributed by atoms with E-state index in [1.165, 1.54) is 0 Å². The molecule has 15 heavy (non-hydrogen) atoms. The van der Waals surface area contributed by atoms with Gasteiger partial charge in [-0.25, -0.2) is 0 Å². The minimum Gasteiger partial charge on any atom is -0.386 e. The molecule has 0 heterocycles. The number of halogens is 1. The van der Waals surface area contributed by atoms with Gasteiger partial charge in [0.05, 0.1) is 24.8 Å². The van der Waals surface area contributed by atoms with E-state index in [9.17, 15) is 8.99 Å². The lowest BCUT2D eigenvalue weighted by Crippen LogP contribution is -2.23. The van der Waals surface area contributed by atoms with Gasteiger partial charge in [-0.3, -0.25) is 4.99 Å². The number of guanidine groups is 1. The van der Waals surface area contributed by atoms with Gasteiger partial charge in [0.1, 0.15) is 0 Å². The molecule has 0 aromatic heterocycles. The van der Waals surface area contributed by atoms with E-state index in [2.05, 4.69) is 4.99 Å². The van der Waals surface area contributed by atoms with Crippen molar-refractivity contribution in [1.29, 1.82) is 0 Å². The number of aliphatic imine (C=N–C) groups is 1. The molecule has 1 aromatic carbocycles. The van der Waals surface area contributed by atoms with Gasteiger partial charge in [0.15, 0.2) is 5.96 Å². The summed E-state index contributed by atoms with van der Waals surface area (Å²) in [7, 11) is 0. The van der Waals surface area contributed by atoms with Crippen LogP contribution in [-0.4, -0.2) is 17.6 Å². The molecule has 0 aliphatic heterocycles. The van der Waals surface area contributed by atoms with E-state index in [0.717, 1.165) is 0 Å². The van der Waals surface area contributed by atoms with Crippen LogP contribution in [0, 0.1) is 0 Å². The second-order valence-electron chi connectivity index (χ2n) is 2.90. The van der Waals surface area contributed by atoms with Crippen LogP contribution in [0.3, 0.4) is 0 Å². The molecule has 0 unspecified atom stereocenters. The van der Waals surface area contributed by atoms with Gasteiger partial charge in [0.25, 0.3) is 0 Å². The molecule has 0 saturated carbocycles. The van der Waals surface area contributed by atoms with Crippen LogP contribution in [0.1, 0.15) is 11.7 Å². The molecular weight excluding hydrogens is 217 g/mol. The predicted octanol–water partition coefficient (Wildman–Crippen LogP) is 0.970. The monoisotopic (exact) mass is 229 g/mol. The van der Waals surface area contributed by atoms with Gasteiger partial charge in [-0.05, 0) is 11.6 Å². The quantitative estimate of drug-likeness (QED) is 0.530. The van der Waals surface area contributed by atoms with Gasteiger partial charge >= 0.3 is 0 Å². The van der Waals surface area contributed by atoms with Crippen molar-refractivity contribution in [2.45, 2.75) is 11.0 Å². The number of nitrogens with zero attached hydrogens (tertiary/aromatic N) is 1. The predicted molar refractivity (Wildman–Crippen MR) is 59.0 cm³/mol. The van der Waals surface area contributed by atoms with Crippen LogP contribution in [0.2, 0.25) is 0 Å². The van der Waals surface area contributed by atoms with E-state index >= 15 is 0 Å². The second kappa shape index (κ2) is 5.57. The number of rotatable bonds is 4. The lowest BCUT2D eigenvalue weighted by molar-refractivity contribution is 0.184. The third kappa shape index (κ3) is 3.41. The Balaban J connectivity index is 2.81. The Labute approximate surface area is 91.5 Å². The maximum Gasteiger partial charge on any atom is 0.186 e. The summed E-state index contributed by atoms with van der Waals surface area (Å²) in [5, 5.41) is 9.68. The molecule has 6 heteroatoms. The summed E-state index contributed by atoms with van der Waals surface area (Å²) < 4.78 is 12.5. The van der Waals surface area contributed by atoms with Crippen molar-refractivity contribution in [2.75, 3.05) is 6.54 Å². The summed E-state index contributed by atoms with van der Waals surface area (Å²) in [5.41, 5.74) is 10.7. The van der Waals surface area contributed by atoms with E-state index in [4.69, 9.17) is 11.5 Å². The summed E-state index contributed by atoms with van der Waals surface area (Å²) >= 11 is 0.0870. The molecule has 1 atom stereocenters. The molecule has 0 fully saturated rings. The van der Waals surface area contributed by atoms with Gasteiger partial charge in [0.2, 0.25) is 0 Å². The topological polar surface area (TPSA) is 84.6 Å². The SMILES string of the molecule is NC(N)=NC[C@H](O)c1ccccc1SF. The molecule has 0 aliphatic rings. The summed E-state index contributed by atoms with van der Waals surface area (Å²) in [5.74, 6) is -0.0977. The van der Waals surface area contributed by atoms with E-state index in [1.807, 2.05) is 0 Å². The summed E-state index contributed by atoms with van der Waals surface area (Å²) in [6.07, 6.45) is -0.897. The van der Waals surface area contributed by atoms with Gasteiger partial charge in [-0.15, -0.1) is 0 Å². The first kappa shape index (κ1) is 11.8. The lowest BCUT2D eigenvalue weighted by atomic mass is 10.1.